The third kappa shape index (κ3) is 4.07. The lowest BCUT2D eigenvalue weighted by atomic mass is 10.3. The van der Waals surface area contributed by atoms with E-state index in [1.807, 2.05) is 0 Å². The van der Waals surface area contributed by atoms with Crippen molar-refractivity contribution in [2.24, 2.45) is 0 Å². The van der Waals surface area contributed by atoms with Crippen LogP contribution in [-0.4, -0.2) is 45.4 Å². The molecular formula is C15H22ClN2O2S+. The van der Waals surface area contributed by atoms with Crippen molar-refractivity contribution < 1.29 is 13.3 Å². The second kappa shape index (κ2) is 6.92. The highest BCUT2D eigenvalue weighted by atomic mass is 35.5. The average Bonchev–Trinajstić information content (AvgIpc) is 2.46. The van der Waals surface area contributed by atoms with Gasteiger partial charge in [0.1, 0.15) is 4.90 Å². The summed E-state index contributed by atoms with van der Waals surface area (Å²) in [6, 6.07) is 6.63. The minimum absolute atomic E-state index is 0.208. The van der Waals surface area contributed by atoms with Gasteiger partial charge >= 0.3 is 0 Å². The zero-order valence-corrected chi connectivity index (χ0v) is 14.0. The highest BCUT2D eigenvalue weighted by molar-refractivity contribution is 7.89. The topological polar surface area (TPSA) is 41.8 Å². The van der Waals surface area contributed by atoms with Crippen molar-refractivity contribution in [2.45, 2.75) is 18.7 Å². The molecule has 1 aromatic carbocycles. The van der Waals surface area contributed by atoms with E-state index in [0.29, 0.717) is 13.1 Å². The molecule has 1 saturated heterocycles. The Morgan fingerprint density at radius 1 is 1.29 bits per heavy atom. The number of benzene rings is 1. The predicted octanol–water partition coefficient (Wildman–Crippen LogP) is 1.20. The summed E-state index contributed by atoms with van der Waals surface area (Å²) >= 11 is 6.02. The smallest absolute Gasteiger partial charge is 0.244 e. The van der Waals surface area contributed by atoms with Crippen LogP contribution in [0.4, 0.5) is 0 Å². The van der Waals surface area contributed by atoms with Crippen LogP contribution in [0.15, 0.2) is 40.8 Å². The molecule has 0 saturated carbocycles. The van der Waals surface area contributed by atoms with Gasteiger partial charge in [-0.2, -0.15) is 4.31 Å². The molecule has 1 aliphatic heterocycles. The van der Waals surface area contributed by atoms with E-state index in [2.05, 4.69) is 19.9 Å². The Balaban J connectivity index is 2.05. The summed E-state index contributed by atoms with van der Waals surface area (Å²) in [7, 11) is -3.47. The molecule has 0 radical (unpaired) electrons. The van der Waals surface area contributed by atoms with Gasteiger partial charge < -0.3 is 4.90 Å². The Hall–Kier alpha value is -0.880. The first-order valence-electron chi connectivity index (χ1n) is 7.13. The van der Waals surface area contributed by atoms with E-state index in [4.69, 9.17) is 11.6 Å². The monoisotopic (exact) mass is 329 g/mol. The second-order valence-electron chi connectivity index (χ2n) is 5.57. The summed E-state index contributed by atoms with van der Waals surface area (Å²) in [6.45, 7) is 7.86. The predicted molar refractivity (Wildman–Crippen MR) is 85.2 cm³/mol. The molecule has 0 amide bonds. The number of sulfonamides is 1. The maximum absolute atomic E-state index is 12.6. The fourth-order valence-electron chi connectivity index (χ4n) is 2.39. The van der Waals surface area contributed by atoms with Crippen molar-refractivity contribution in [2.75, 3.05) is 32.7 Å². The first-order valence-corrected chi connectivity index (χ1v) is 8.94. The van der Waals surface area contributed by atoms with Crippen LogP contribution in [0, 0.1) is 0 Å². The van der Waals surface area contributed by atoms with Crippen molar-refractivity contribution in [3.05, 3.63) is 40.9 Å². The van der Waals surface area contributed by atoms with Gasteiger partial charge in [-0.15, -0.1) is 0 Å². The van der Waals surface area contributed by atoms with E-state index < -0.39 is 10.0 Å². The molecule has 0 aliphatic carbocycles. The van der Waals surface area contributed by atoms with E-state index in [1.54, 1.807) is 28.6 Å². The number of hydrogen-bond acceptors (Lipinski definition) is 2. The quantitative estimate of drug-likeness (QED) is 0.843. The lowest BCUT2D eigenvalue weighted by Gasteiger charge is -2.31. The minimum Gasteiger partial charge on any atom is -0.329 e. The summed E-state index contributed by atoms with van der Waals surface area (Å²) in [5.74, 6) is 0. The lowest BCUT2D eigenvalue weighted by Crippen LogP contribution is -3.14. The van der Waals surface area contributed by atoms with E-state index in [9.17, 15) is 8.42 Å². The molecule has 1 aromatic rings. The molecule has 0 unspecified atom stereocenters. The van der Waals surface area contributed by atoms with Crippen LogP contribution in [0.25, 0.3) is 0 Å². The third-order valence-electron chi connectivity index (χ3n) is 3.68. The van der Waals surface area contributed by atoms with E-state index in [1.165, 1.54) is 10.5 Å². The van der Waals surface area contributed by atoms with Crippen LogP contribution in [0.2, 0.25) is 5.02 Å². The Bertz CT molecular complexity index is 616. The van der Waals surface area contributed by atoms with Gasteiger partial charge in [0, 0.05) is 0 Å². The SMILES string of the molecule is CC(C)=CC[NH+]1CCN(S(=O)(=O)c2ccccc2Cl)CC1. The number of nitrogens with zero attached hydrogens (tertiary/aromatic N) is 1. The molecule has 0 bridgehead atoms. The van der Waals surface area contributed by atoms with Crippen molar-refractivity contribution >= 4 is 21.6 Å². The fraction of sp³-hybridized carbons (Fsp3) is 0.467. The third-order valence-corrected chi connectivity index (χ3v) is 6.08. The van der Waals surface area contributed by atoms with Crippen molar-refractivity contribution in [1.29, 1.82) is 0 Å². The number of piperazine rings is 1. The first-order chi connectivity index (χ1) is 9.91. The summed E-state index contributed by atoms with van der Waals surface area (Å²) < 4.78 is 26.7. The maximum Gasteiger partial charge on any atom is 0.244 e. The molecule has 1 aliphatic rings. The molecule has 21 heavy (non-hydrogen) atoms. The van der Waals surface area contributed by atoms with Gasteiger partial charge in [0.25, 0.3) is 0 Å². The zero-order chi connectivity index (χ0) is 15.5. The van der Waals surface area contributed by atoms with Crippen LogP contribution in [0.1, 0.15) is 13.8 Å². The highest BCUT2D eigenvalue weighted by Gasteiger charge is 2.31. The molecule has 116 valence electrons. The van der Waals surface area contributed by atoms with Crippen molar-refractivity contribution in [3.8, 4) is 0 Å². The second-order valence-corrected chi connectivity index (χ2v) is 7.88. The summed E-state index contributed by atoms with van der Waals surface area (Å²) in [5, 5.41) is 0.289. The highest BCUT2D eigenvalue weighted by Crippen LogP contribution is 2.23. The Morgan fingerprint density at radius 3 is 2.48 bits per heavy atom. The molecule has 6 heteroatoms. The molecule has 0 atom stereocenters. The van der Waals surface area contributed by atoms with Crippen molar-refractivity contribution in [1.82, 2.24) is 4.31 Å². The number of nitrogens with one attached hydrogen (secondary N) is 1. The van der Waals surface area contributed by atoms with Gasteiger partial charge in [0.15, 0.2) is 0 Å². The number of quaternary nitrogens is 1. The van der Waals surface area contributed by atoms with Gasteiger partial charge in [0.2, 0.25) is 10.0 Å². The Kier molecular flexibility index (Phi) is 5.43. The molecule has 1 N–H and O–H groups in total. The van der Waals surface area contributed by atoms with E-state index >= 15 is 0 Å². The van der Waals surface area contributed by atoms with Gasteiger partial charge in [0.05, 0.1) is 37.7 Å². The van der Waals surface area contributed by atoms with Crippen LogP contribution >= 0.6 is 11.6 Å². The largest absolute Gasteiger partial charge is 0.329 e. The molecule has 2 rings (SSSR count). The minimum atomic E-state index is -3.47. The van der Waals surface area contributed by atoms with Gasteiger partial charge in [-0.25, -0.2) is 8.42 Å². The number of hydrogen-bond donors (Lipinski definition) is 1. The van der Waals surface area contributed by atoms with E-state index in [0.717, 1.165) is 19.6 Å². The molecule has 4 nitrogen and oxygen atoms in total. The van der Waals surface area contributed by atoms with Crippen LogP contribution < -0.4 is 4.90 Å². The van der Waals surface area contributed by atoms with Crippen molar-refractivity contribution in [3.63, 3.8) is 0 Å². The number of allylic oxidation sites excluding steroid dienone is 1. The number of rotatable bonds is 4. The maximum atomic E-state index is 12.6. The van der Waals surface area contributed by atoms with E-state index in [-0.39, 0.29) is 9.92 Å². The van der Waals surface area contributed by atoms with Crippen LogP contribution in [0.5, 0.6) is 0 Å². The van der Waals surface area contributed by atoms with Gasteiger partial charge in [-0.05, 0) is 32.1 Å². The molecule has 0 spiro atoms. The normalized spacial score (nSPS) is 17.7. The Labute approximate surface area is 132 Å². The fourth-order valence-corrected chi connectivity index (χ4v) is 4.32. The molecule has 1 fully saturated rings. The summed E-state index contributed by atoms with van der Waals surface area (Å²) in [4.78, 5) is 1.63. The first kappa shape index (κ1) is 16.5. The van der Waals surface area contributed by atoms with Crippen LogP contribution in [-0.2, 0) is 10.0 Å². The summed E-state index contributed by atoms with van der Waals surface area (Å²) in [6.07, 6.45) is 2.20. The number of halogens is 1. The molecule has 1 heterocycles. The molecule has 0 aromatic heterocycles. The van der Waals surface area contributed by atoms with Crippen LogP contribution in [0.3, 0.4) is 0 Å². The summed E-state index contributed by atoms with van der Waals surface area (Å²) in [5.41, 5.74) is 1.30. The standard InChI is InChI=1S/C15H21ClN2O2S/c1-13(2)7-8-17-9-11-18(12-10-17)21(19,20)15-6-4-3-5-14(15)16/h3-7H,8-12H2,1-2H3/p+1. The van der Waals surface area contributed by atoms with Gasteiger partial charge in [-0.1, -0.05) is 29.3 Å². The molecular weight excluding hydrogens is 308 g/mol. The lowest BCUT2D eigenvalue weighted by molar-refractivity contribution is -0.897. The Morgan fingerprint density at radius 2 is 1.90 bits per heavy atom. The average molecular weight is 330 g/mol. The van der Waals surface area contributed by atoms with Gasteiger partial charge in [-0.3, -0.25) is 0 Å². The zero-order valence-electron chi connectivity index (χ0n) is 12.5.